The van der Waals surface area contributed by atoms with Crippen LogP contribution in [0.1, 0.15) is 48.2 Å². The van der Waals surface area contributed by atoms with E-state index in [0.29, 0.717) is 11.5 Å². The van der Waals surface area contributed by atoms with Gasteiger partial charge >= 0.3 is 0 Å². The van der Waals surface area contributed by atoms with Gasteiger partial charge in [-0.15, -0.1) is 11.3 Å². The van der Waals surface area contributed by atoms with Crippen molar-refractivity contribution in [3.05, 3.63) is 41.4 Å². The number of pyridine rings is 2. The number of carbonyl (C=O) groups is 1. The number of anilines is 1. The predicted molar refractivity (Wildman–Crippen MR) is 112 cm³/mol. The van der Waals surface area contributed by atoms with Gasteiger partial charge < -0.3 is 5.73 Å². The van der Waals surface area contributed by atoms with E-state index in [1.54, 1.807) is 6.20 Å². The lowest BCUT2D eigenvalue weighted by Gasteiger charge is -2.55. The summed E-state index contributed by atoms with van der Waals surface area (Å²) >= 11 is 1.48. The zero-order chi connectivity index (χ0) is 18.9. The molecule has 0 unspecified atom stereocenters. The summed E-state index contributed by atoms with van der Waals surface area (Å²) in [5.74, 6) is 2.55. The van der Waals surface area contributed by atoms with E-state index in [4.69, 9.17) is 10.7 Å². The maximum atomic E-state index is 13.7. The van der Waals surface area contributed by atoms with E-state index in [1.807, 2.05) is 30.3 Å². The Morgan fingerprint density at radius 1 is 1.00 bits per heavy atom. The molecule has 0 amide bonds. The quantitative estimate of drug-likeness (QED) is 0.614. The van der Waals surface area contributed by atoms with Crippen molar-refractivity contribution in [2.45, 2.75) is 38.5 Å². The van der Waals surface area contributed by atoms with E-state index in [0.717, 1.165) is 63.5 Å². The SMILES string of the molecule is Nc1c(C(=O)C23CC4CC(CC(C4)C2)C3)sc2nc(-c3ccccn3)ccc12. The van der Waals surface area contributed by atoms with Crippen molar-refractivity contribution >= 4 is 33.0 Å². The fourth-order valence-electron chi connectivity index (χ4n) is 6.45. The molecule has 0 aliphatic heterocycles. The lowest BCUT2D eigenvalue weighted by atomic mass is 9.48. The first-order valence-corrected chi connectivity index (χ1v) is 11.1. The van der Waals surface area contributed by atoms with Crippen LogP contribution in [-0.4, -0.2) is 15.8 Å². The number of Topliss-reactive ketones (excluding diaryl/α,β-unsaturated/α-hetero) is 1. The van der Waals surface area contributed by atoms with Crippen molar-refractivity contribution in [3.63, 3.8) is 0 Å². The van der Waals surface area contributed by atoms with E-state index in [2.05, 4.69) is 4.98 Å². The summed E-state index contributed by atoms with van der Waals surface area (Å²) in [6.45, 7) is 0. The molecule has 3 heterocycles. The summed E-state index contributed by atoms with van der Waals surface area (Å²) in [5, 5.41) is 0.901. The van der Waals surface area contributed by atoms with Crippen LogP contribution >= 0.6 is 11.3 Å². The Bertz CT molecular complexity index is 1050. The standard InChI is InChI=1S/C23H23N3OS/c24-19-16-4-5-18(17-3-1-2-6-25-17)26-22(16)28-20(19)21(27)23-10-13-7-14(11-23)9-15(8-13)12-23/h1-6,13-15H,7-12,24H2. The molecule has 5 heteroatoms. The second-order valence-corrected chi connectivity index (χ2v) is 10.1. The number of hydrogen-bond donors (Lipinski definition) is 1. The Balaban J connectivity index is 1.41. The average Bonchev–Trinajstić information content (AvgIpc) is 3.03. The highest BCUT2D eigenvalue weighted by molar-refractivity contribution is 7.21. The lowest BCUT2D eigenvalue weighted by molar-refractivity contribution is -0.0350. The number of nitrogen functional groups attached to an aromatic ring is 1. The molecule has 4 fully saturated rings. The van der Waals surface area contributed by atoms with Crippen LogP contribution in [0.25, 0.3) is 21.6 Å². The molecule has 28 heavy (non-hydrogen) atoms. The van der Waals surface area contributed by atoms with E-state index < -0.39 is 0 Å². The Morgan fingerprint density at radius 3 is 2.36 bits per heavy atom. The van der Waals surface area contributed by atoms with Crippen molar-refractivity contribution in [2.24, 2.45) is 23.2 Å². The molecule has 0 atom stereocenters. The number of aromatic nitrogens is 2. The number of nitrogens with zero attached hydrogens (tertiary/aromatic N) is 2. The van der Waals surface area contributed by atoms with Gasteiger partial charge in [0.15, 0.2) is 5.78 Å². The molecule has 4 nitrogen and oxygen atoms in total. The van der Waals surface area contributed by atoms with E-state index >= 15 is 0 Å². The van der Waals surface area contributed by atoms with Crippen LogP contribution in [0.4, 0.5) is 5.69 Å². The number of nitrogens with two attached hydrogens (primary N) is 1. The minimum Gasteiger partial charge on any atom is -0.397 e. The van der Waals surface area contributed by atoms with Crippen LogP contribution in [-0.2, 0) is 0 Å². The number of ketones is 1. The minimum absolute atomic E-state index is 0.159. The van der Waals surface area contributed by atoms with Gasteiger partial charge in [-0.05, 0) is 80.5 Å². The summed E-state index contributed by atoms with van der Waals surface area (Å²) in [4.78, 5) is 24.5. The number of thiophene rings is 1. The molecule has 4 aliphatic rings. The van der Waals surface area contributed by atoms with Gasteiger partial charge in [0, 0.05) is 17.0 Å². The second-order valence-electron chi connectivity index (χ2n) is 9.14. The van der Waals surface area contributed by atoms with E-state index in [1.165, 1.54) is 30.6 Å². The molecule has 2 N–H and O–H groups in total. The third kappa shape index (κ3) is 2.38. The van der Waals surface area contributed by atoms with Crippen LogP contribution in [0, 0.1) is 23.2 Å². The van der Waals surface area contributed by atoms with Crippen molar-refractivity contribution in [1.29, 1.82) is 0 Å². The summed E-state index contributed by atoms with van der Waals surface area (Å²) < 4.78 is 0. The Hall–Kier alpha value is -2.27. The number of hydrogen-bond acceptors (Lipinski definition) is 5. The van der Waals surface area contributed by atoms with Gasteiger partial charge in [-0.2, -0.15) is 0 Å². The second kappa shape index (κ2) is 5.86. The first kappa shape index (κ1) is 16.7. The summed E-state index contributed by atoms with van der Waals surface area (Å²) in [5.41, 5.74) is 8.61. The van der Waals surface area contributed by atoms with Crippen LogP contribution < -0.4 is 5.73 Å². The van der Waals surface area contributed by atoms with Gasteiger partial charge in [0.2, 0.25) is 0 Å². The fraction of sp³-hybridized carbons (Fsp3) is 0.435. The first-order chi connectivity index (χ1) is 13.6. The fourth-order valence-corrected chi connectivity index (χ4v) is 7.61. The van der Waals surface area contributed by atoms with Gasteiger partial charge in [0.1, 0.15) is 4.83 Å². The molecule has 4 aliphatic carbocycles. The van der Waals surface area contributed by atoms with Crippen molar-refractivity contribution < 1.29 is 4.79 Å². The van der Waals surface area contributed by atoms with Crippen LogP contribution in [0.15, 0.2) is 36.5 Å². The maximum absolute atomic E-state index is 13.7. The number of fused-ring (bicyclic) bond motifs is 1. The van der Waals surface area contributed by atoms with Gasteiger partial charge in [-0.1, -0.05) is 6.07 Å². The van der Waals surface area contributed by atoms with Crippen LogP contribution in [0.5, 0.6) is 0 Å². The molecule has 4 bridgehead atoms. The third-order valence-electron chi connectivity index (χ3n) is 7.25. The summed E-state index contributed by atoms with van der Waals surface area (Å²) in [6.07, 6.45) is 8.98. The molecule has 0 spiro atoms. The summed E-state index contributed by atoms with van der Waals surface area (Å²) in [6, 6.07) is 9.75. The molecule has 7 rings (SSSR count). The van der Waals surface area contributed by atoms with Gasteiger partial charge in [-0.25, -0.2) is 4.98 Å². The number of carbonyl (C=O) groups excluding carboxylic acids is 1. The lowest BCUT2D eigenvalue weighted by Crippen LogP contribution is -2.49. The van der Waals surface area contributed by atoms with Gasteiger partial charge in [-0.3, -0.25) is 9.78 Å². The first-order valence-electron chi connectivity index (χ1n) is 10.3. The Morgan fingerprint density at radius 2 is 1.71 bits per heavy atom. The van der Waals surface area contributed by atoms with Gasteiger partial charge in [0.05, 0.1) is 22.0 Å². The maximum Gasteiger partial charge on any atom is 0.181 e. The highest BCUT2D eigenvalue weighted by atomic mass is 32.1. The molecule has 4 saturated carbocycles. The smallest absolute Gasteiger partial charge is 0.181 e. The molecule has 142 valence electrons. The zero-order valence-corrected chi connectivity index (χ0v) is 16.5. The average molecular weight is 390 g/mol. The van der Waals surface area contributed by atoms with Crippen LogP contribution in [0.2, 0.25) is 0 Å². The molecular weight excluding hydrogens is 366 g/mol. The van der Waals surface area contributed by atoms with Gasteiger partial charge in [0.25, 0.3) is 0 Å². The highest BCUT2D eigenvalue weighted by Gasteiger charge is 2.55. The van der Waals surface area contributed by atoms with Crippen molar-refractivity contribution in [1.82, 2.24) is 9.97 Å². The molecule has 3 aromatic heterocycles. The number of rotatable bonds is 3. The largest absolute Gasteiger partial charge is 0.397 e. The van der Waals surface area contributed by atoms with E-state index in [9.17, 15) is 4.79 Å². The molecule has 0 aromatic carbocycles. The third-order valence-corrected chi connectivity index (χ3v) is 8.36. The monoisotopic (exact) mass is 389 g/mol. The Kier molecular flexibility index (Phi) is 3.49. The zero-order valence-electron chi connectivity index (χ0n) is 15.7. The Labute approximate surface area is 168 Å². The molecule has 0 radical (unpaired) electrons. The van der Waals surface area contributed by atoms with E-state index in [-0.39, 0.29) is 5.41 Å². The minimum atomic E-state index is -0.159. The molecule has 0 saturated heterocycles. The normalized spacial score (nSPS) is 30.8. The highest BCUT2D eigenvalue weighted by Crippen LogP contribution is 2.61. The topological polar surface area (TPSA) is 68.9 Å². The van der Waals surface area contributed by atoms with Crippen molar-refractivity contribution in [2.75, 3.05) is 5.73 Å². The van der Waals surface area contributed by atoms with Crippen molar-refractivity contribution in [3.8, 4) is 11.4 Å². The van der Waals surface area contributed by atoms with Crippen LogP contribution in [0.3, 0.4) is 0 Å². The predicted octanol–water partition coefficient (Wildman–Crippen LogP) is 5.34. The summed E-state index contributed by atoms with van der Waals surface area (Å²) in [7, 11) is 0. The molecule has 3 aromatic rings. The molecular formula is C23H23N3OS.